The van der Waals surface area contributed by atoms with Gasteiger partial charge in [-0.25, -0.2) is 4.79 Å². The first kappa shape index (κ1) is 15.9. The summed E-state index contributed by atoms with van der Waals surface area (Å²) in [6, 6.07) is 22.4. The monoisotopic (exact) mass is 351 g/mol. The molecular weight excluding hydrogens is 334 g/mol. The number of hydrogen-bond donors (Lipinski definition) is 1. The van der Waals surface area contributed by atoms with Crippen molar-refractivity contribution in [1.82, 2.24) is 4.90 Å². The summed E-state index contributed by atoms with van der Waals surface area (Å²) < 4.78 is 5.62. The van der Waals surface area contributed by atoms with E-state index in [1.165, 1.54) is 4.90 Å². The molecule has 5 heteroatoms. The lowest BCUT2D eigenvalue weighted by atomic mass is 9.91. The molecule has 0 bridgehead atoms. The van der Waals surface area contributed by atoms with Gasteiger partial charge < -0.3 is 9.84 Å². The van der Waals surface area contributed by atoms with E-state index in [0.717, 1.165) is 10.4 Å². The fourth-order valence-corrected chi connectivity index (χ4v) is 3.88. The Morgan fingerprint density at radius 2 is 1.68 bits per heavy atom. The van der Waals surface area contributed by atoms with Crippen LogP contribution in [0.5, 0.6) is 0 Å². The van der Waals surface area contributed by atoms with Gasteiger partial charge >= 0.3 is 6.09 Å². The zero-order chi connectivity index (χ0) is 17.3. The standard InChI is InChI=1S/C20H17NO3S/c22-19-21(14-17-12-7-13-25-17)20(23,16-10-5-2-6-11-16)18(24-19)15-8-3-1-4-9-15/h1-13,18,23H,14H2/t18-,20-/m0/s1. The first-order valence-corrected chi connectivity index (χ1v) is 8.91. The van der Waals surface area contributed by atoms with E-state index in [9.17, 15) is 9.90 Å². The van der Waals surface area contributed by atoms with Gasteiger partial charge in [-0.05, 0) is 17.0 Å². The highest BCUT2D eigenvalue weighted by atomic mass is 32.1. The zero-order valence-electron chi connectivity index (χ0n) is 13.4. The number of amides is 1. The van der Waals surface area contributed by atoms with Gasteiger partial charge in [0.2, 0.25) is 5.72 Å². The quantitative estimate of drug-likeness (QED) is 0.763. The van der Waals surface area contributed by atoms with Gasteiger partial charge in [0.05, 0.1) is 6.54 Å². The lowest BCUT2D eigenvalue weighted by Gasteiger charge is -2.34. The summed E-state index contributed by atoms with van der Waals surface area (Å²) in [5.41, 5.74) is -0.175. The Morgan fingerprint density at radius 3 is 2.32 bits per heavy atom. The molecule has 1 aromatic heterocycles. The molecule has 1 saturated heterocycles. The van der Waals surface area contributed by atoms with E-state index >= 15 is 0 Å². The summed E-state index contributed by atoms with van der Waals surface area (Å²) in [7, 11) is 0. The Balaban J connectivity index is 1.81. The second-order valence-corrected chi connectivity index (χ2v) is 6.96. The highest BCUT2D eigenvalue weighted by Gasteiger charge is 2.56. The van der Waals surface area contributed by atoms with Crippen molar-refractivity contribution in [3.63, 3.8) is 0 Å². The van der Waals surface area contributed by atoms with Crippen molar-refractivity contribution in [2.45, 2.75) is 18.4 Å². The summed E-state index contributed by atoms with van der Waals surface area (Å²) in [6.45, 7) is 0.297. The minimum Gasteiger partial charge on any atom is -0.436 e. The van der Waals surface area contributed by atoms with Gasteiger partial charge in [-0.1, -0.05) is 66.7 Å². The summed E-state index contributed by atoms with van der Waals surface area (Å²) >= 11 is 1.54. The fraction of sp³-hybridized carbons (Fsp3) is 0.150. The maximum Gasteiger partial charge on any atom is 0.413 e. The predicted octanol–water partition coefficient (Wildman–Crippen LogP) is 4.29. The molecule has 0 unspecified atom stereocenters. The molecule has 0 radical (unpaired) electrons. The molecule has 25 heavy (non-hydrogen) atoms. The van der Waals surface area contributed by atoms with Gasteiger partial charge in [-0.15, -0.1) is 11.3 Å². The molecule has 0 aliphatic carbocycles. The molecule has 1 aliphatic heterocycles. The van der Waals surface area contributed by atoms with E-state index in [1.54, 1.807) is 11.3 Å². The summed E-state index contributed by atoms with van der Waals surface area (Å²) in [6.07, 6.45) is -1.31. The highest BCUT2D eigenvalue weighted by molar-refractivity contribution is 7.09. The smallest absolute Gasteiger partial charge is 0.413 e. The average Bonchev–Trinajstić information content (AvgIpc) is 3.26. The Bertz CT molecular complexity index is 851. The number of carbonyl (C=O) groups excluding carboxylic acids is 1. The lowest BCUT2D eigenvalue weighted by Crippen LogP contribution is -2.45. The van der Waals surface area contributed by atoms with E-state index in [1.807, 2.05) is 78.2 Å². The number of nitrogens with zero attached hydrogens (tertiary/aromatic N) is 1. The molecule has 3 aromatic rings. The molecule has 0 saturated carbocycles. The van der Waals surface area contributed by atoms with Crippen LogP contribution >= 0.6 is 11.3 Å². The normalized spacial score (nSPS) is 22.8. The van der Waals surface area contributed by atoms with Gasteiger partial charge in [0.1, 0.15) is 0 Å². The van der Waals surface area contributed by atoms with Crippen molar-refractivity contribution >= 4 is 17.4 Å². The van der Waals surface area contributed by atoms with Crippen LogP contribution in [0.1, 0.15) is 22.1 Å². The predicted molar refractivity (Wildman–Crippen MR) is 95.9 cm³/mol. The van der Waals surface area contributed by atoms with Crippen LogP contribution in [0.25, 0.3) is 0 Å². The van der Waals surface area contributed by atoms with Crippen LogP contribution < -0.4 is 0 Å². The number of benzene rings is 2. The topological polar surface area (TPSA) is 49.8 Å². The molecule has 2 atom stereocenters. The minimum absolute atomic E-state index is 0.297. The molecule has 4 rings (SSSR count). The van der Waals surface area contributed by atoms with Crippen molar-refractivity contribution in [3.05, 3.63) is 94.2 Å². The number of ether oxygens (including phenoxy) is 1. The Kier molecular flexibility index (Phi) is 4.03. The fourth-order valence-electron chi connectivity index (χ4n) is 3.19. The van der Waals surface area contributed by atoms with Crippen molar-refractivity contribution in [1.29, 1.82) is 0 Å². The SMILES string of the molecule is O=C1O[C@@H](c2ccccc2)[C@@](O)(c2ccccc2)N1Cc1cccs1. The Hall–Kier alpha value is -2.63. The number of rotatable bonds is 4. The van der Waals surface area contributed by atoms with Gasteiger partial charge in [0, 0.05) is 10.4 Å². The van der Waals surface area contributed by atoms with E-state index in [4.69, 9.17) is 4.74 Å². The van der Waals surface area contributed by atoms with Crippen molar-refractivity contribution in [2.24, 2.45) is 0 Å². The van der Waals surface area contributed by atoms with Crippen LogP contribution in [0.3, 0.4) is 0 Å². The summed E-state index contributed by atoms with van der Waals surface area (Å²) in [4.78, 5) is 15.0. The summed E-state index contributed by atoms with van der Waals surface area (Å²) in [5.74, 6) is 0. The molecular formula is C20H17NO3S. The number of thiophene rings is 1. The molecule has 1 N–H and O–H groups in total. The lowest BCUT2D eigenvalue weighted by molar-refractivity contribution is -0.112. The molecule has 4 nitrogen and oxygen atoms in total. The number of cyclic esters (lactones) is 1. The first-order valence-electron chi connectivity index (χ1n) is 8.03. The van der Waals surface area contributed by atoms with Crippen molar-refractivity contribution in [3.8, 4) is 0 Å². The third-order valence-electron chi connectivity index (χ3n) is 4.41. The van der Waals surface area contributed by atoms with Gasteiger partial charge in [0.25, 0.3) is 0 Å². The van der Waals surface area contributed by atoms with Crippen molar-refractivity contribution < 1.29 is 14.6 Å². The average molecular weight is 351 g/mol. The van der Waals surface area contributed by atoms with Crippen LogP contribution in [0.15, 0.2) is 78.2 Å². The third-order valence-corrected chi connectivity index (χ3v) is 5.27. The van der Waals surface area contributed by atoms with Crippen LogP contribution in [-0.4, -0.2) is 16.1 Å². The molecule has 1 aliphatic rings. The maximum absolute atomic E-state index is 12.6. The van der Waals surface area contributed by atoms with E-state index in [2.05, 4.69) is 0 Å². The molecule has 1 fully saturated rings. The zero-order valence-corrected chi connectivity index (χ0v) is 14.2. The van der Waals surface area contributed by atoms with Crippen molar-refractivity contribution in [2.75, 3.05) is 0 Å². The molecule has 1 amide bonds. The van der Waals surface area contributed by atoms with Crippen LogP contribution in [-0.2, 0) is 17.0 Å². The highest BCUT2D eigenvalue weighted by Crippen LogP contribution is 2.47. The molecule has 2 aromatic carbocycles. The number of hydrogen-bond acceptors (Lipinski definition) is 4. The first-order chi connectivity index (χ1) is 12.2. The van der Waals surface area contributed by atoms with E-state index in [-0.39, 0.29) is 0 Å². The van der Waals surface area contributed by atoms with Crippen LogP contribution in [0, 0.1) is 0 Å². The van der Waals surface area contributed by atoms with E-state index < -0.39 is 17.9 Å². The minimum atomic E-state index is -1.57. The van der Waals surface area contributed by atoms with Gasteiger partial charge in [-0.3, -0.25) is 4.90 Å². The molecule has 0 spiro atoms. The second-order valence-electron chi connectivity index (χ2n) is 5.93. The Labute approximate surface area is 149 Å². The maximum atomic E-state index is 12.6. The van der Waals surface area contributed by atoms with E-state index in [0.29, 0.717) is 12.1 Å². The third kappa shape index (κ3) is 2.71. The van der Waals surface area contributed by atoms with Gasteiger partial charge in [0.15, 0.2) is 6.10 Å². The van der Waals surface area contributed by atoms with Gasteiger partial charge in [-0.2, -0.15) is 0 Å². The van der Waals surface area contributed by atoms with Crippen LogP contribution in [0.2, 0.25) is 0 Å². The number of carbonyl (C=O) groups is 1. The Morgan fingerprint density at radius 1 is 1.00 bits per heavy atom. The largest absolute Gasteiger partial charge is 0.436 e. The number of aliphatic hydroxyl groups is 1. The summed E-state index contributed by atoms with van der Waals surface area (Å²) in [5, 5.41) is 13.6. The van der Waals surface area contributed by atoms with Crippen LogP contribution in [0.4, 0.5) is 4.79 Å². The second kappa shape index (κ2) is 6.35. The molecule has 126 valence electrons. The molecule has 2 heterocycles.